The van der Waals surface area contributed by atoms with Gasteiger partial charge in [-0.2, -0.15) is 0 Å². The summed E-state index contributed by atoms with van der Waals surface area (Å²) < 4.78 is 18.2. The maximum atomic E-state index is 13.0. The molecular formula is C16H15FN2O3. The number of hydrogen-bond acceptors (Lipinski definition) is 3. The fraction of sp³-hybridized carbons (Fsp3) is 0.125. The lowest BCUT2D eigenvalue weighted by Crippen LogP contribution is -2.35. The first kappa shape index (κ1) is 15.5. The maximum Gasteiger partial charge on any atom is 0.313 e. The van der Waals surface area contributed by atoms with Crippen molar-refractivity contribution in [3.05, 3.63) is 59.9 Å². The molecule has 2 N–H and O–H groups in total. The van der Waals surface area contributed by atoms with Gasteiger partial charge >= 0.3 is 11.8 Å². The van der Waals surface area contributed by atoms with E-state index in [0.29, 0.717) is 5.75 Å². The molecule has 22 heavy (non-hydrogen) atoms. The second-order valence-electron chi connectivity index (χ2n) is 4.46. The Labute approximate surface area is 127 Å². The van der Waals surface area contributed by atoms with Crippen LogP contribution in [0.1, 0.15) is 5.56 Å². The summed E-state index contributed by atoms with van der Waals surface area (Å²) in [7, 11) is 1.53. The molecule has 2 rings (SSSR count). The summed E-state index contributed by atoms with van der Waals surface area (Å²) >= 11 is 0. The third-order valence-electron chi connectivity index (χ3n) is 2.92. The SMILES string of the molecule is COc1ccccc1CNC(=O)C(=O)Nc1cccc(F)c1. The van der Waals surface area contributed by atoms with E-state index in [1.165, 1.54) is 25.3 Å². The largest absolute Gasteiger partial charge is 0.496 e. The van der Waals surface area contributed by atoms with Gasteiger partial charge in [0.05, 0.1) is 7.11 Å². The lowest BCUT2D eigenvalue weighted by Gasteiger charge is -2.09. The van der Waals surface area contributed by atoms with Crippen molar-refractivity contribution in [3.8, 4) is 5.75 Å². The number of halogens is 1. The number of carbonyl (C=O) groups is 2. The summed E-state index contributed by atoms with van der Waals surface area (Å²) in [5.41, 5.74) is 0.967. The van der Waals surface area contributed by atoms with Crippen molar-refractivity contribution in [2.45, 2.75) is 6.54 Å². The molecule has 0 spiro atoms. The number of para-hydroxylation sites is 1. The summed E-state index contributed by atoms with van der Waals surface area (Å²) in [5, 5.41) is 4.81. The number of nitrogens with one attached hydrogen (secondary N) is 2. The average Bonchev–Trinajstić information content (AvgIpc) is 2.52. The molecule has 0 saturated carbocycles. The van der Waals surface area contributed by atoms with E-state index in [1.54, 1.807) is 24.3 Å². The zero-order valence-electron chi connectivity index (χ0n) is 11.9. The van der Waals surface area contributed by atoms with Crippen LogP contribution in [0.25, 0.3) is 0 Å². The van der Waals surface area contributed by atoms with E-state index in [9.17, 15) is 14.0 Å². The van der Waals surface area contributed by atoms with E-state index in [-0.39, 0.29) is 12.2 Å². The number of hydrogen-bond donors (Lipinski definition) is 2. The van der Waals surface area contributed by atoms with E-state index in [2.05, 4.69) is 10.6 Å². The number of rotatable bonds is 4. The molecule has 0 aliphatic carbocycles. The van der Waals surface area contributed by atoms with E-state index in [1.807, 2.05) is 0 Å². The molecule has 0 heterocycles. The third kappa shape index (κ3) is 4.05. The van der Waals surface area contributed by atoms with Crippen LogP contribution in [0.2, 0.25) is 0 Å². The number of anilines is 1. The van der Waals surface area contributed by atoms with E-state index < -0.39 is 17.6 Å². The molecule has 0 bridgehead atoms. The third-order valence-corrected chi connectivity index (χ3v) is 2.92. The zero-order chi connectivity index (χ0) is 15.9. The lowest BCUT2D eigenvalue weighted by molar-refractivity contribution is -0.136. The molecular weight excluding hydrogens is 287 g/mol. The van der Waals surface area contributed by atoms with Crippen LogP contribution in [-0.2, 0) is 16.1 Å². The van der Waals surface area contributed by atoms with E-state index >= 15 is 0 Å². The summed E-state index contributed by atoms with van der Waals surface area (Å²) in [6, 6.07) is 12.5. The van der Waals surface area contributed by atoms with E-state index in [4.69, 9.17) is 4.74 Å². The van der Waals surface area contributed by atoms with Gasteiger partial charge in [-0.1, -0.05) is 24.3 Å². The van der Waals surface area contributed by atoms with Crippen LogP contribution >= 0.6 is 0 Å². The molecule has 6 heteroatoms. The molecule has 5 nitrogen and oxygen atoms in total. The molecule has 0 unspecified atom stereocenters. The van der Waals surface area contributed by atoms with Crippen LogP contribution in [-0.4, -0.2) is 18.9 Å². The Hall–Kier alpha value is -2.89. The van der Waals surface area contributed by atoms with Gasteiger partial charge in [0.15, 0.2) is 0 Å². The van der Waals surface area contributed by atoms with Crippen LogP contribution in [0.3, 0.4) is 0 Å². The Morgan fingerprint density at radius 1 is 1.09 bits per heavy atom. The average molecular weight is 302 g/mol. The summed E-state index contributed by atoms with van der Waals surface area (Å²) in [4.78, 5) is 23.5. The van der Waals surface area contributed by atoms with Crippen LogP contribution < -0.4 is 15.4 Å². The Morgan fingerprint density at radius 2 is 1.86 bits per heavy atom. The van der Waals surface area contributed by atoms with Gasteiger partial charge in [-0.25, -0.2) is 4.39 Å². The maximum absolute atomic E-state index is 13.0. The van der Waals surface area contributed by atoms with Crippen LogP contribution in [0.15, 0.2) is 48.5 Å². The van der Waals surface area contributed by atoms with Crippen molar-refractivity contribution in [3.63, 3.8) is 0 Å². The standard InChI is InChI=1S/C16H15FN2O3/c1-22-14-8-3-2-5-11(14)10-18-15(20)16(21)19-13-7-4-6-12(17)9-13/h2-9H,10H2,1H3,(H,18,20)(H,19,21). The second kappa shape index (κ2) is 7.21. The van der Waals surface area contributed by atoms with Gasteiger partial charge in [-0.15, -0.1) is 0 Å². The van der Waals surface area contributed by atoms with Gasteiger partial charge < -0.3 is 15.4 Å². The van der Waals surface area contributed by atoms with Crippen LogP contribution in [0, 0.1) is 5.82 Å². The molecule has 114 valence electrons. The first-order chi connectivity index (χ1) is 10.6. The normalized spacial score (nSPS) is 9.91. The zero-order valence-corrected chi connectivity index (χ0v) is 11.9. The minimum absolute atomic E-state index is 0.152. The first-order valence-electron chi connectivity index (χ1n) is 6.57. The Balaban J connectivity index is 1.93. The van der Waals surface area contributed by atoms with Gasteiger partial charge in [-0.05, 0) is 24.3 Å². The van der Waals surface area contributed by atoms with Crippen molar-refractivity contribution in [2.75, 3.05) is 12.4 Å². The minimum Gasteiger partial charge on any atom is -0.496 e. The van der Waals surface area contributed by atoms with E-state index in [0.717, 1.165) is 11.6 Å². The second-order valence-corrected chi connectivity index (χ2v) is 4.46. The summed E-state index contributed by atoms with van der Waals surface area (Å²) in [6.45, 7) is 0.152. The predicted molar refractivity (Wildman–Crippen MR) is 79.9 cm³/mol. The van der Waals surface area contributed by atoms with Crippen LogP contribution in [0.5, 0.6) is 5.75 Å². The molecule has 0 fully saturated rings. The van der Waals surface area contributed by atoms with Gasteiger partial charge in [0.25, 0.3) is 0 Å². The van der Waals surface area contributed by atoms with Gasteiger partial charge in [0, 0.05) is 17.8 Å². The van der Waals surface area contributed by atoms with Crippen molar-refractivity contribution in [1.29, 1.82) is 0 Å². The fourth-order valence-corrected chi connectivity index (χ4v) is 1.86. The number of amides is 2. The van der Waals surface area contributed by atoms with Gasteiger partial charge in [0.2, 0.25) is 0 Å². The number of carbonyl (C=O) groups excluding carboxylic acids is 2. The van der Waals surface area contributed by atoms with Crippen molar-refractivity contribution >= 4 is 17.5 Å². The topological polar surface area (TPSA) is 67.4 Å². The van der Waals surface area contributed by atoms with Crippen molar-refractivity contribution in [1.82, 2.24) is 5.32 Å². The van der Waals surface area contributed by atoms with Crippen molar-refractivity contribution in [2.24, 2.45) is 0 Å². The predicted octanol–water partition coefficient (Wildman–Crippen LogP) is 2.09. The summed E-state index contributed by atoms with van der Waals surface area (Å²) in [5.74, 6) is -1.55. The van der Waals surface area contributed by atoms with Crippen molar-refractivity contribution < 1.29 is 18.7 Å². The molecule has 0 aliphatic rings. The number of methoxy groups -OCH3 is 1. The molecule has 0 aliphatic heterocycles. The Kier molecular flexibility index (Phi) is 5.08. The van der Waals surface area contributed by atoms with Crippen LogP contribution in [0.4, 0.5) is 10.1 Å². The molecule has 2 aromatic rings. The first-order valence-corrected chi connectivity index (χ1v) is 6.57. The smallest absolute Gasteiger partial charge is 0.313 e. The number of benzene rings is 2. The number of ether oxygens (including phenoxy) is 1. The molecule has 0 radical (unpaired) electrons. The molecule has 0 aromatic heterocycles. The molecule has 2 aromatic carbocycles. The Morgan fingerprint density at radius 3 is 2.59 bits per heavy atom. The monoisotopic (exact) mass is 302 g/mol. The Bertz CT molecular complexity index is 689. The summed E-state index contributed by atoms with van der Waals surface area (Å²) in [6.07, 6.45) is 0. The van der Waals surface area contributed by atoms with Gasteiger partial charge in [-0.3, -0.25) is 9.59 Å². The highest BCUT2D eigenvalue weighted by atomic mass is 19.1. The molecule has 0 atom stereocenters. The quantitative estimate of drug-likeness (QED) is 0.850. The highest BCUT2D eigenvalue weighted by Crippen LogP contribution is 2.16. The highest BCUT2D eigenvalue weighted by molar-refractivity contribution is 6.39. The minimum atomic E-state index is -0.861. The highest BCUT2D eigenvalue weighted by Gasteiger charge is 2.14. The molecule has 2 amide bonds. The molecule has 0 saturated heterocycles. The fourth-order valence-electron chi connectivity index (χ4n) is 1.86. The van der Waals surface area contributed by atoms with Gasteiger partial charge in [0.1, 0.15) is 11.6 Å². The lowest BCUT2D eigenvalue weighted by atomic mass is 10.2.